The molecule has 6 nitrogen and oxygen atoms in total. The first-order valence-electron chi connectivity index (χ1n) is 7.14. The molecule has 0 unspecified atom stereocenters. The van der Waals surface area contributed by atoms with Crippen LogP contribution in [0.2, 0.25) is 0 Å². The maximum absolute atomic E-state index is 12.3. The summed E-state index contributed by atoms with van der Waals surface area (Å²) in [6.45, 7) is 4.91. The lowest BCUT2D eigenvalue weighted by Crippen LogP contribution is -2.42. The Morgan fingerprint density at radius 2 is 2.09 bits per heavy atom. The largest absolute Gasteiger partial charge is 0.487 e. The summed E-state index contributed by atoms with van der Waals surface area (Å²) in [6.07, 6.45) is 0.139. The molecule has 1 heterocycles. The van der Waals surface area contributed by atoms with Gasteiger partial charge >= 0.3 is 0 Å². The van der Waals surface area contributed by atoms with Crippen molar-refractivity contribution < 1.29 is 19.4 Å². The monoisotopic (exact) mass is 306 g/mol. The van der Waals surface area contributed by atoms with Crippen molar-refractivity contribution in [2.75, 3.05) is 12.3 Å². The summed E-state index contributed by atoms with van der Waals surface area (Å²) in [5, 5.41) is 9.17. The Kier molecular flexibility index (Phi) is 4.02. The number of ketones is 2. The molecule has 0 saturated heterocycles. The fraction of sp³-hybridized carbons (Fsp3) is 0.500. The molecule has 0 aliphatic carbocycles. The van der Waals surface area contributed by atoms with E-state index in [1.807, 2.05) is 13.8 Å². The molecule has 0 amide bonds. The number of anilines is 1. The number of hydrogen-bond acceptors (Lipinski definition) is 6. The van der Waals surface area contributed by atoms with Crippen molar-refractivity contribution in [2.45, 2.75) is 44.8 Å². The van der Waals surface area contributed by atoms with E-state index >= 15 is 0 Å². The van der Waals surface area contributed by atoms with Crippen molar-refractivity contribution in [1.82, 2.24) is 0 Å². The van der Waals surface area contributed by atoms with E-state index in [9.17, 15) is 9.59 Å². The predicted molar refractivity (Wildman–Crippen MR) is 83.1 cm³/mol. The topological polar surface area (TPSA) is 116 Å². The van der Waals surface area contributed by atoms with Gasteiger partial charge in [-0.25, -0.2) is 0 Å². The number of hydrogen-bond donors (Lipinski definition) is 3. The Hall–Kier alpha value is -1.92. The highest BCUT2D eigenvalue weighted by molar-refractivity contribution is 6.11. The van der Waals surface area contributed by atoms with Gasteiger partial charge in [-0.3, -0.25) is 9.59 Å². The van der Waals surface area contributed by atoms with Gasteiger partial charge in [-0.1, -0.05) is 0 Å². The van der Waals surface area contributed by atoms with Crippen LogP contribution in [0.4, 0.5) is 5.69 Å². The first-order valence-corrected chi connectivity index (χ1v) is 7.14. The zero-order valence-electron chi connectivity index (χ0n) is 13.1. The van der Waals surface area contributed by atoms with E-state index in [-0.39, 0.29) is 47.8 Å². The molecule has 1 aromatic carbocycles. The van der Waals surface area contributed by atoms with Crippen LogP contribution in [0.5, 0.6) is 5.75 Å². The molecule has 0 radical (unpaired) electrons. The Bertz CT molecular complexity index is 635. The number of aliphatic hydroxyl groups excluding tert-OH is 1. The summed E-state index contributed by atoms with van der Waals surface area (Å²) < 4.78 is 5.75. The molecule has 1 atom stereocenters. The van der Waals surface area contributed by atoms with Gasteiger partial charge < -0.3 is 21.3 Å². The fourth-order valence-electron chi connectivity index (χ4n) is 2.54. The number of Topliss-reactive ketones (excluding diaryl/α,β-unsaturated/α-hetero) is 2. The second-order valence-electron chi connectivity index (χ2n) is 6.77. The van der Waals surface area contributed by atoms with Crippen LogP contribution < -0.4 is 16.2 Å². The maximum atomic E-state index is 12.3. The quantitative estimate of drug-likeness (QED) is 0.570. The number of aliphatic hydroxyl groups is 1. The van der Waals surface area contributed by atoms with Gasteiger partial charge in [0.2, 0.25) is 0 Å². The van der Waals surface area contributed by atoms with Gasteiger partial charge in [0.25, 0.3) is 0 Å². The summed E-state index contributed by atoms with van der Waals surface area (Å²) >= 11 is 0. The maximum Gasteiger partial charge on any atom is 0.172 e. The molecule has 1 aliphatic heterocycles. The third kappa shape index (κ3) is 3.13. The lowest BCUT2D eigenvalue weighted by Gasteiger charge is -2.32. The van der Waals surface area contributed by atoms with Crippen molar-refractivity contribution in [2.24, 2.45) is 5.73 Å². The van der Waals surface area contributed by atoms with Crippen LogP contribution in [0.1, 0.15) is 54.3 Å². The number of fused-ring (bicyclic) bond motifs is 1. The van der Waals surface area contributed by atoms with Crippen molar-refractivity contribution in [3.8, 4) is 5.75 Å². The minimum Gasteiger partial charge on any atom is -0.487 e. The average Bonchev–Trinajstić information content (AvgIpc) is 2.36. The fourth-order valence-corrected chi connectivity index (χ4v) is 2.54. The lowest BCUT2D eigenvalue weighted by molar-refractivity contribution is 0.0622. The van der Waals surface area contributed by atoms with Crippen molar-refractivity contribution in [3.63, 3.8) is 0 Å². The zero-order valence-corrected chi connectivity index (χ0v) is 13.1. The van der Waals surface area contributed by atoms with Crippen LogP contribution >= 0.6 is 0 Å². The second-order valence-corrected chi connectivity index (χ2v) is 6.77. The highest BCUT2D eigenvalue weighted by Crippen LogP contribution is 2.38. The third-order valence-corrected chi connectivity index (χ3v) is 3.68. The summed E-state index contributed by atoms with van der Waals surface area (Å²) in [5.41, 5.74) is 10.8. The minimum atomic E-state index is -1.03. The zero-order chi connectivity index (χ0) is 16.7. The van der Waals surface area contributed by atoms with Crippen LogP contribution in [-0.2, 0) is 0 Å². The molecule has 0 spiro atoms. The molecule has 1 aliphatic rings. The normalized spacial score (nSPS) is 19.0. The van der Waals surface area contributed by atoms with Crippen LogP contribution in [0, 0.1) is 0 Å². The molecular weight excluding hydrogens is 284 g/mol. The molecule has 5 N–H and O–H groups in total. The Balaban J connectivity index is 2.40. The smallest absolute Gasteiger partial charge is 0.172 e. The van der Waals surface area contributed by atoms with E-state index in [2.05, 4.69) is 0 Å². The van der Waals surface area contributed by atoms with Gasteiger partial charge in [0.05, 0.1) is 24.3 Å². The van der Waals surface area contributed by atoms with E-state index in [1.165, 1.54) is 0 Å². The van der Waals surface area contributed by atoms with E-state index in [0.717, 1.165) is 0 Å². The average molecular weight is 306 g/mol. The SMILES string of the molecule is CC1(C)CC(=O)c2c(ccc(C(=O)C[C@](C)(N)CO)c2N)O1. The van der Waals surface area contributed by atoms with Crippen LogP contribution in [0.15, 0.2) is 12.1 Å². The van der Waals surface area contributed by atoms with Crippen LogP contribution in [0.3, 0.4) is 0 Å². The first kappa shape index (κ1) is 16.5. The van der Waals surface area contributed by atoms with Gasteiger partial charge in [-0.05, 0) is 32.9 Å². The molecule has 1 aromatic rings. The van der Waals surface area contributed by atoms with E-state index in [4.69, 9.17) is 21.3 Å². The summed E-state index contributed by atoms with van der Waals surface area (Å²) in [4.78, 5) is 24.6. The van der Waals surface area contributed by atoms with Gasteiger partial charge in [0.15, 0.2) is 11.6 Å². The Labute approximate surface area is 129 Å². The standard InChI is InChI=1S/C16H22N2O4/c1-15(2)6-11(21)13-12(22-15)5-4-9(14(13)17)10(20)7-16(3,18)8-19/h4-5,19H,6-8,17-18H2,1-3H3/t16-/m0/s1. The highest BCUT2D eigenvalue weighted by Gasteiger charge is 2.35. The molecule has 120 valence electrons. The molecule has 0 fully saturated rings. The lowest BCUT2D eigenvalue weighted by atomic mass is 9.88. The van der Waals surface area contributed by atoms with Crippen LogP contribution in [-0.4, -0.2) is 34.4 Å². The van der Waals surface area contributed by atoms with Gasteiger partial charge in [0.1, 0.15) is 11.4 Å². The van der Waals surface area contributed by atoms with Gasteiger partial charge in [-0.15, -0.1) is 0 Å². The highest BCUT2D eigenvalue weighted by atomic mass is 16.5. The van der Waals surface area contributed by atoms with Crippen LogP contribution in [0.25, 0.3) is 0 Å². The number of carbonyl (C=O) groups excluding carboxylic acids is 2. The van der Waals surface area contributed by atoms with Crippen molar-refractivity contribution in [3.05, 3.63) is 23.3 Å². The number of rotatable bonds is 4. The Morgan fingerprint density at radius 3 is 2.68 bits per heavy atom. The number of nitrogen functional groups attached to an aromatic ring is 1. The molecule has 0 saturated carbocycles. The second kappa shape index (κ2) is 5.37. The van der Waals surface area contributed by atoms with Crippen molar-refractivity contribution in [1.29, 1.82) is 0 Å². The molecule has 0 bridgehead atoms. The number of ether oxygens (including phenoxy) is 1. The summed E-state index contributed by atoms with van der Waals surface area (Å²) in [6, 6.07) is 3.13. The number of benzene rings is 1. The van der Waals surface area contributed by atoms with Gasteiger partial charge in [0, 0.05) is 17.5 Å². The summed E-state index contributed by atoms with van der Waals surface area (Å²) in [7, 11) is 0. The number of carbonyl (C=O) groups is 2. The third-order valence-electron chi connectivity index (χ3n) is 3.68. The molecule has 2 rings (SSSR count). The number of nitrogens with two attached hydrogens (primary N) is 2. The van der Waals surface area contributed by atoms with Crippen molar-refractivity contribution >= 4 is 17.3 Å². The van der Waals surface area contributed by atoms with E-state index in [0.29, 0.717) is 5.75 Å². The molecular formula is C16H22N2O4. The van der Waals surface area contributed by atoms with E-state index < -0.39 is 11.1 Å². The molecule has 0 aromatic heterocycles. The molecule has 22 heavy (non-hydrogen) atoms. The minimum absolute atomic E-state index is 0.0625. The van der Waals surface area contributed by atoms with Gasteiger partial charge in [-0.2, -0.15) is 0 Å². The Morgan fingerprint density at radius 1 is 1.45 bits per heavy atom. The predicted octanol–water partition coefficient (Wildman–Crippen LogP) is 1.30. The first-order chi connectivity index (χ1) is 10.1. The summed E-state index contributed by atoms with van der Waals surface area (Å²) in [5.74, 6) is -0.0546. The van der Waals surface area contributed by atoms with E-state index in [1.54, 1.807) is 19.1 Å². The molecule has 6 heteroatoms.